The van der Waals surface area contributed by atoms with E-state index in [4.69, 9.17) is 14.2 Å². The summed E-state index contributed by atoms with van der Waals surface area (Å²) in [5.41, 5.74) is 0. The van der Waals surface area contributed by atoms with E-state index in [0.717, 1.165) is 116 Å². The van der Waals surface area contributed by atoms with Crippen LogP contribution in [0, 0.1) is 0 Å². The minimum atomic E-state index is -0.826. The van der Waals surface area contributed by atoms with Gasteiger partial charge in [0, 0.05) is 19.3 Å². The largest absolute Gasteiger partial charge is 0.462 e. The molecule has 0 spiro atoms. The average Bonchev–Trinajstić information content (AvgIpc) is 3.49. The lowest BCUT2D eigenvalue weighted by Crippen LogP contribution is -2.30. The smallest absolute Gasteiger partial charge is 0.306 e. The molecule has 0 aliphatic heterocycles. The minimum absolute atomic E-state index is 0.114. The molecule has 0 aliphatic rings. The van der Waals surface area contributed by atoms with Crippen molar-refractivity contribution in [2.24, 2.45) is 0 Å². The Balaban J connectivity index is 4.51. The molecule has 0 N–H and O–H groups in total. The summed E-state index contributed by atoms with van der Waals surface area (Å²) in [5.74, 6) is -1.01. The molecule has 0 radical (unpaired) electrons. The Morgan fingerprint density at radius 2 is 0.494 bits per heavy atom. The zero-order valence-electron chi connectivity index (χ0n) is 53.9. The lowest BCUT2D eigenvalue weighted by Gasteiger charge is -2.18. The number of hydrogen-bond acceptors (Lipinski definition) is 6. The third-order valence-corrected chi connectivity index (χ3v) is 14.3. The zero-order valence-corrected chi connectivity index (χ0v) is 53.9. The van der Waals surface area contributed by atoms with E-state index in [1.54, 1.807) is 0 Å². The van der Waals surface area contributed by atoms with Crippen molar-refractivity contribution in [3.05, 3.63) is 146 Å². The first kappa shape index (κ1) is 78.3. The van der Waals surface area contributed by atoms with Crippen LogP contribution in [0.25, 0.3) is 0 Å². The van der Waals surface area contributed by atoms with E-state index in [1.165, 1.54) is 141 Å². The Bertz CT molecular complexity index is 1800. The highest BCUT2D eigenvalue weighted by atomic mass is 16.6. The average molecular weight is 1150 g/mol. The van der Waals surface area contributed by atoms with Crippen molar-refractivity contribution in [3.8, 4) is 0 Å². The fraction of sp³-hybridized carbons (Fsp3) is 0.649. The molecule has 0 rings (SSSR count). The number of unbranched alkanes of at least 4 members (excludes halogenated alkanes) is 26. The van der Waals surface area contributed by atoms with Crippen LogP contribution in [0.2, 0.25) is 0 Å². The molecule has 0 amide bonds. The van der Waals surface area contributed by atoms with Crippen LogP contribution in [-0.4, -0.2) is 37.2 Å². The number of carbonyl (C=O) groups is 3. The lowest BCUT2D eigenvalue weighted by atomic mass is 10.1. The predicted octanol–water partition coefficient (Wildman–Crippen LogP) is 23.9. The predicted molar refractivity (Wildman–Crippen MR) is 362 cm³/mol. The van der Waals surface area contributed by atoms with Gasteiger partial charge in [-0.15, -0.1) is 0 Å². The van der Waals surface area contributed by atoms with E-state index in [1.807, 2.05) is 6.08 Å². The number of esters is 3. The maximum Gasteiger partial charge on any atom is 0.306 e. The van der Waals surface area contributed by atoms with E-state index < -0.39 is 6.10 Å². The lowest BCUT2D eigenvalue weighted by molar-refractivity contribution is -0.166. The van der Waals surface area contributed by atoms with Crippen LogP contribution >= 0.6 is 0 Å². The van der Waals surface area contributed by atoms with Gasteiger partial charge in [-0.3, -0.25) is 14.4 Å². The van der Waals surface area contributed by atoms with Crippen LogP contribution in [0.15, 0.2) is 146 Å². The number of ether oxygens (including phenoxy) is 3. The first-order valence-electron chi connectivity index (χ1n) is 34.3. The van der Waals surface area contributed by atoms with Crippen molar-refractivity contribution < 1.29 is 28.6 Å². The molecule has 6 nitrogen and oxygen atoms in total. The van der Waals surface area contributed by atoms with E-state index >= 15 is 0 Å². The normalized spacial score (nSPS) is 13.0. The van der Waals surface area contributed by atoms with Crippen LogP contribution in [0.3, 0.4) is 0 Å². The van der Waals surface area contributed by atoms with Gasteiger partial charge < -0.3 is 14.2 Å². The third kappa shape index (κ3) is 68.0. The van der Waals surface area contributed by atoms with Crippen molar-refractivity contribution in [3.63, 3.8) is 0 Å². The second kappa shape index (κ2) is 69.8. The quantitative estimate of drug-likeness (QED) is 0.0261. The Kier molecular flexibility index (Phi) is 65.8. The topological polar surface area (TPSA) is 78.9 Å². The van der Waals surface area contributed by atoms with Crippen molar-refractivity contribution in [2.75, 3.05) is 13.2 Å². The molecule has 0 bridgehead atoms. The molecule has 1 atom stereocenters. The van der Waals surface area contributed by atoms with E-state index in [9.17, 15) is 14.4 Å². The number of hydrogen-bond donors (Lipinski definition) is 0. The molecule has 0 saturated carbocycles. The van der Waals surface area contributed by atoms with Gasteiger partial charge in [-0.25, -0.2) is 0 Å². The molecular formula is C77H126O6. The molecule has 83 heavy (non-hydrogen) atoms. The van der Waals surface area contributed by atoms with Crippen LogP contribution in [0.4, 0.5) is 0 Å². The maximum atomic E-state index is 12.9. The van der Waals surface area contributed by atoms with Gasteiger partial charge in [-0.05, 0) is 135 Å². The second-order valence-corrected chi connectivity index (χ2v) is 22.3. The summed E-state index contributed by atoms with van der Waals surface area (Å²) in [5, 5.41) is 0. The highest BCUT2D eigenvalue weighted by Crippen LogP contribution is 2.15. The molecule has 0 fully saturated rings. The molecule has 0 heterocycles. The summed E-state index contributed by atoms with van der Waals surface area (Å²) in [7, 11) is 0. The first-order valence-corrected chi connectivity index (χ1v) is 34.3. The van der Waals surface area contributed by atoms with Gasteiger partial charge in [0.2, 0.25) is 0 Å². The fourth-order valence-electron chi connectivity index (χ4n) is 9.19. The molecule has 6 heteroatoms. The zero-order chi connectivity index (χ0) is 59.9. The summed E-state index contributed by atoms with van der Waals surface area (Å²) in [6.45, 7) is 6.44. The second-order valence-electron chi connectivity index (χ2n) is 22.3. The van der Waals surface area contributed by atoms with Gasteiger partial charge in [-0.2, -0.15) is 0 Å². The molecule has 1 unspecified atom stereocenters. The number of carbonyl (C=O) groups excluding carboxylic acids is 3. The van der Waals surface area contributed by atoms with Crippen LogP contribution in [0.1, 0.15) is 303 Å². The third-order valence-electron chi connectivity index (χ3n) is 14.3. The number of rotatable bonds is 61. The molecule has 0 aliphatic carbocycles. The van der Waals surface area contributed by atoms with Gasteiger partial charge in [0.1, 0.15) is 13.2 Å². The molecule has 0 aromatic rings. The number of allylic oxidation sites excluding steroid dienone is 24. The van der Waals surface area contributed by atoms with E-state index in [2.05, 4.69) is 161 Å². The summed E-state index contributed by atoms with van der Waals surface area (Å²) in [6, 6.07) is 0. The van der Waals surface area contributed by atoms with Crippen molar-refractivity contribution in [2.45, 2.75) is 309 Å². The van der Waals surface area contributed by atoms with E-state index in [0.29, 0.717) is 19.3 Å². The Morgan fingerprint density at radius 3 is 0.807 bits per heavy atom. The highest BCUT2D eigenvalue weighted by Gasteiger charge is 2.19. The minimum Gasteiger partial charge on any atom is -0.462 e. The van der Waals surface area contributed by atoms with Gasteiger partial charge in [-0.1, -0.05) is 295 Å². The Hall–Kier alpha value is -4.71. The Morgan fingerprint density at radius 1 is 0.253 bits per heavy atom. The van der Waals surface area contributed by atoms with Gasteiger partial charge in [0.25, 0.3) is 0 Å². The molecule has 0 aromatic carbocycles. The summed E-state index contributed by atoms with van der Waals surface area (Å²) in [6.07, 6.45) is 100. The molecule has 0 aromatic heterocycles. The standard InChI is InChI=1S/C77H126O6/c1-4-7-10-13-16-19-22-25-28-31-34-36-37-38-39-41-43-46-49-52-55-58-61-64-67-70-76(79)82-73-74(72-81-75(78)69-66-63-60-57-54-51-48-45-42-33-30-27-24-21-18-15-12-9-6-3)83-77(80)71-68-65-62-59-56-53-50-47-44-40-35-32-29-26-23-20-17-14-11-8-5-2/h9,12,18,21-23,25-27,30-32,34-35,37-38,42,44-45,47,51,54,60,63,74H,4-8,10-11,13-17,19-20,24,28-29,33,36,39-41,43,46,48-50,52-53,55-59,61-62,64-73H2,1-3H3/b12-9-,21-18-,25-22-,26-23-,30-27-,34-31-,35-32-,38-37-,45-42-,47-44-,54-51-,63-60-. The fourth-order valence-corrected chi connectivity index (χ4v) is 9.19. The molecule has 470 valence electrons. The van der Waals surface area contributed by atoms with Crippen LogP contribution in [-0.2, 0) is 28.6 Å². The monoisotopic (exact) mass is 1150 g/mol. The van der Waals surface area contributed by atoms with Gasteiger partial charge in [0.15, 0.2) is 6.10 Å². The van der Waals surface area contributed by atoms with E-state index in [-0.39, 0.29) is 37.5 Å². The maximum absolute atomic E-state index is 12.9. The van der Waals surface area contributed by atoms with Crippen molar-refractivity contribution in [1.29, 1.82) is 0 Å². The summed E-state index contributed by atoms with van der Waals surface area (Å²) >= 11 is 0. The van der Waals surface area contributed by atoms with Crippen LogP contribution < -0.4 is 0 Å². The first-order chi connectivity index (χ1) is 41.0. The molecule has 0 saturated heterocycles. The highest BCUT2D eigenvalue weighted by molar-refractivity contribution is 5.71. The van der Waals surface area contributed by atoms with Crippen LogP contribution in [0.5, 0.6) is 0 Å². The van der Waals surface area contributed by atoms with Crippen molar-refractivity contribution in [1.82, 2.24) is 0 Å². The Labute approximate surface area is 512 Å². The molecular weight excluding hydrogens is 1020 g/mol. The SMILES string of the molecule is CC/C=C\C/C=C\C/C=C\C/C=C\C/C=C\C/C=C\CCC(=O)OCC(COC(=O)CCCCCCCCCCCC/C=C\C/C=C\C/C=C\CCCCCCC)OC(=O)CCCCCCCC/C=C\C/C=C\C/C=C\CCCCCCC. The van der Waals surface area contributed by atoms with Gasteiger partial charge >= 0.3 is 17.9 Å². The van der Waals surface area contributed by atoms with Gasteiger partial charge in [0.05, 0.1) is 0 Å². The summed E-state index contributed by atoms with van der Waals surface area (Å²) < 4.78 is 16.9. The summed E-state index contributed by atoms with van der Waals surface area (Å²) in [4.78, 5) is 38.4. The van der Waals surface area contributed by atoms with Crippen molar-refractivity contribution >= 4 is 17.9 Å².